The fraction of sp³-hybridized carbons (Fsp3) is 0.462. The van der Waals surface area contributed by atoms with Crippen molar-refractivity contribution in [3.05, 3.63) is 22.4 Å². The van der Waals surface area contributed by atoms with Crippen LogP contribution in [0.4, 0.5) is 0 Å². The zero-order valence-corrected chi connectivity index (χ0v) is 14.3. The molecule has 3 rings (SSSR count). The van der Waals surface area contributed by atoms with Gasteiger partial charge in [0.25, 0.3) is 11.1 Å². The minimum absolute atomic E-state index is 0.245. The molecule has 0 aliphatic heterocycles. The average Bonchev–Trinajstić information content (AvgIpc) is 3.16. The summed E-state index contributed by atoms with van der Waals surface area (Å²) in [6.45, 7) is 7.92. The lowest BCUT2D eigenvalue weighted by Gasteiger charge is -1.92. The first-order valence-electron chi connectivity index (χ1n) is 6.76. The quantitative estimate of drug-likeness (QED) is 0.652. The second-order valence-electron chi connectivity index (χ2n) is 5.01. The van der Waals surface area contributed by atoms with Crippen LogP contribution in [-0.4, -0.2) is 25.3 Å². The summed E-state index contributed by atoms with van der Waals surface area (Å²) in [6, 6.07) is 0. The van der Waals surface area contributed by atoms with Crippen molar-refractivity contribution in [2.24, 2.45) is 0 Å². The van der Waals surface area contributed by atoms with E-state index in [4.69, 9.17) is 8.94 Å². The summed E-state index contributed by atoms with van der Waals surface area (Å²) in [6.07, 6.45) is 0. The summed E-state index contributed by atoms with van der Waals surface area (Å²) in [7, 11) is 0. The molecule has 7 nitrogen and oxygen atoms in total. The minimum Gasteiger partial charge on any atom is -0.410 e. The van der Waals surface area contributed by atoms with Gasteiger partial charge in [0.1, 0.15) is 4.88 Å². The van der Waals surface area contributed by atoms with Crippen LogP contribution >= 0.6 is 23.1 Å². The highest BCUT2D eigenvalue weighted by Gasteiger charge is 2.16. The summed E-state index contributed by atoms with van der Waals surface area (Å²) in [5.74, 6) is 2.51. The third-order valence-electron chi connectivity index (χ3n) is 2.82. The molecule has 0 amide bonds. The zero-order valence-electron chi connectivity index (χ0n) is 12.7. The topological polar surface area (TPSA) is 90.7 Å². The van der Waals surface area contributed by atoms with Crippen LogP contribution in [0.2, 0.25) is 0 Å². The Hall–Kier alpha value is -1.74. The van der Waals surface area contributed by atoms with Gasteiger partial charge in [-0.1, -0.05) is 30.8 Å². The van der Waals surface area contributed by atoms with Gasteiger partial charge in [-0.2, -0.15) is 4.98 Å². The molecule has 0 saturated carbocycles. The Bertz CT molecular complexity index is 777. The van der Waals surface area contributed by atoms with Gasteiger partial charge in [0, 0.05) is 5.92 Å². The first-order valence-corrected chi connectivity index (χ1v) is 8.56. The van der Waals surface area contributed by atoms with Gasteiger partial charge in [0.05, 0.1) is 16.5 Å². The van der Waals surface area contributed by atoms with Gasteiger partial charge >= 0.3 is 0 Å². The van der Waals surface area contributed by atoms with Gasteiger partial charge in [0.2, 0.25) is 5.89 Å². The van der Waals surface area contributed by atoms with Gasteiger partial charge in [-0.3, -0.25) is 0 Å². The van der Waals surface area contributed by atoms with Gasteiger partial charge in [-0.15, -0.1) is 21.5 Å². The lowest BCUT2D eigenvalue weighted by Crippen LogP contribution is -1.90. The Kier molecular flexibility index (Phi) is 4.25. The molecule has 0 unspecified atom stereocenters. The highest BCUT2D eigenvalue weighted by molar-refractivity contribution is 7.98. The second-order valence-corrected chi connectivity index (χ2v) is 7.14. The molecule has 0 aromatic carbocycles. The monoisotopic (exact) mass is 337 g/mol. The first kappa shape index (κ1) is 15.2. The van der Waals surface area contributed by atoms with E-state index in [2.05, 4.69) is 25.3 Å². The molecule has 0 atom stereocenters. The minimum atomic E-state index is 0.245. The van der Waals surface area contributed by atoms with Gasteiger partial charge in [-0.25, -0.2) is 4.98 Å². The van der Waals surface area contributed by atoms with Crippen molar-refractivity contribution in [1.29, 1.82) is 0 Å². The SMILES string of the molecule is Cc1nc(C)c(-c2nnc(SCc3nc(C(C)C)no3)o2)s1. The van der Waals surface area contributed by atoms with Crippen molar-refractivity contribution in [2.45, 2.75) is 44.6 Å². The molecule has 0 aliphatic rings. The highest BCUT2D eigenvalue weighted by atomic mass is 32.2. The van der Waals surface area contributed by atoms with Crippen LogP contribution in [0.15, 0.2) is 14.2 Å². The number of thioether (sulfide) groups is 1. The van der Waals surface area contributed by atoms with E-state index >= 15 is 0 Å². The molecule has 0 radical (unpaired) electrons. The number of hydrogen-bond donors (Lipinski definition) is 0. The smallest absolute Gasteiger partial charge is 0.277 e. The fourth-order valence-electron chi connectivity index (χ4n) is 1.77. The van der Waals surface area contributed by atoms with Gasteiger partial charge < -0.3 is 8.94 Å². The van der Waals surface area contributed by atoms with Crippen LogP contribution in [0.1, 0.15) is 42.2 Å². The van der Waals surface area contributed by atoms with Crippen molar-refractivity contribution in [2.75, 3.05) is 0 Å². The molecule has 3 heterocycles. The van der Waals surface area contributed by atoms with Crippen molar-refractivity contribution in [1.82, 2.24) is 25.3 Å². The molecule has 0 spiro atoms. The molecule has 0 N–H and O–H groups in total. The van der Waals surface area contributed by atoms with E-state index in [-0.39, 0.29) is 5.92 Å². The zero-order chi connectivity index (χ0) is 15.7. The summed E-state index contributed by atoms with van der Waals surface area (Å²) >= 11 is 2.92. The molecule has 0 bridgehead atoms. The van der Waals surface area contributed by atoms with E-state index in [0.29, 0.717) is 28.6 Å². The van der Waals surface area contributed by atoms with E-state index in [1.54, 1.807) is 11.3 Å². The van der Waals surface area contributed by atoms with E-state index in [1.165, 1.54) is 11.8 Å². The largest absolute Gasteiger partial charge is 0.410 e. The van der Waals surface area contributed by atoms with E-state index in [0.717, 1.165) is 15.6 Å². The maximum absolute atomic E-state index is 5.66. The molecule has 0 fully saturated rings. The maximum atomic E-state index is 5.66. The number of rotatable bonds is 5. The second kappa shape index (κ2) is 6.17. The molecule has 116 valence electrons. The van der Waals surface area contributed by atoms with Crippen LogP contribution in [0.3, 0.4) is 0 Å². The molecule has 0 saturated heterocycles. The van der Waals surface area contributed by atoms with E-state index in [1.807, 2.05) is 27.7 Å². The van der Waals surface area contributed by atoms with Crippen molar-refractivity contribution in [3.63, 3.8) is 0 Å². The average molecular weight is 337 g/mol. The number of nitrogens with zero attached hydrogens (tertiary/aromatic N) is 5. The van der Waals surface area contributed by atoms with Crippen molar-refractivity contribution < 1.29 is 8.94 Å². The molecule has 3 aromatic rings. The summed E-state index contributed by atoms with van der Waals surface area (Å²) in [4.78, 5) is 9.58. The lowest BCUT2D eigenvalue weighted by atomic mass is 10.2. The van der Waals surface area contributed by atoms with Gasteiger partial charge in [0.15, 0.2) is 5.82 Å². The van der Waals surface area contributed by atoms with Crippen LogP contribution in [-0.2, 0) is 5.75 Å². The Morgan fingerprint density at radius 1 is 1.18 bits per heavy atom. The standard InChI is InChI=1S/C13H15N5O2S2/c1-6(2)11-15-9(20-18-11)5-21-13-17-16-12(19-13)10-7(3)14-8(4)22-10/h6H,5H2,1-4H3. The fourth-order valence-corrected chi connectivity index (χ4v) is 3.22. The predicted octanol–water partition coefficient (Wildman–Crippen LogP) is 3.61. The van der Waals surface area contributed by atoms with E-state index < -0.39 is 0 Å². The first-order chi connectivity index (χ1) is 10.5. The molecular formula is C13H15N5O2S2. The van der Waals surface area contributed by atoms with E-state index in [9.17, 15) is 0 Å². The maximum Gasteiger partial charge on any atom is 0.277 e. The Labute approximate surface area is 135 Å². The molecular weight excluding hydrogens is 322 g/mol. The Morgan fingerprint density at radius 2 is 2.00 bits per heavy atom. The molecule has 22 heavy (non-hydrogen) atoms. The van der Waals surface area contributed by atoms with Crippen molar-refractivity contribution in [3.8, 4) is 10.8 Å². The normalized spacial score (nSPS) is 11.5. The number of aryl methyl sites for hydroxylation is 2. The number of hydrogen-bond acceptors (Lipinski definition) is 9. The third kappa shape index (κ3) is 3.20. The summed E-state index contributed by atoms with van der Waals surface area (Å²) in [5, 5.41) is 13.5. The lowest BCUT2D eigenvalue weighted by molar-refractivity contribution is 0.382. The molecule has 3 aromatic heterocycles. The number of aromatic nitrogens is 5. The van der Waals surface area contributed by atoms with Crippen molar-refractivity contribution >= 4 is 23.1 Å². The van der Waals surface area contributed by atoms with Crippen LogP contribution in [0.5, 0.6) is 0 Å². The number of thiazole rings is 1. The third-order valence-corrected chi connectivity index (χ3v) is 4.69. The van der Waals surface area contributed by atoms with Crippen LogP contribution in [0.25, 0.3) is 10.8 Å². The summed E-state index contributed by atoms with van der Waals surface area (Å²) in [5.41, 5.74) is 0.904. The van der Waals surface area contributed by atoms with Crippen LogP contribution < -0.4 is 0 Å². The highest BCUT2D eigenvalue weighted by Crippen LogP contribution is 2.31. The van der Waals surface area contributed by atoms with Crippen LogP contribution in [0, 0.1) is 13.8 Å². The molecule has 0 aliphatic carbocycles. The summed E-state index contributed by atoms with van der Waals surface area (Å²) < 4.78 is 10.8. The Balaban J connectivity index is 1.68. The Morgan fingerprint density at radius 3 is 2.64 bits per heavy atom. The van der Waals surface area contributed by atoms with Gasteiger partial charge in [-0.05, 0) is 13.8 Å². The molecule has 9 heteroatoms. The predicted molar refractivity (Wildman–Crippen MR) is 82.8 cm³/mol.